The van der Waals surface area contributed by atoms with Gasteiger partial charge in [-0.3, -0.25) is 4.79 Å². The van der Waals surface area contributed by atoms with Crippen LogP contribution in [0.3, 0.4) is 0 Å². The van der Waals surface area contributed by atoms with Crippen molar-refractivity contribution in [3.8, 4) is 0 Å². The third-order valence-electron chi connectivity index (χ3n) is 3.22. The van der Waals surface area contributed by atoms with Crippen LogP contribution < -0.4 is 11.1 Å². The number of halogens is 1. The second-order valence-electron chi connectivity index (χ2n) is 5.30. The van der Waals surface area contributed by atoms with E-state index in [0.29, 0.717) is 6.42 Å². The zero-order valence-corrected chi connectivity index (χ0v) is 12.2. The van der Waals surface area contributed by atoms with Gasteiger partial charge in [0.05, 0.1) is 11.3 Å². The molecular weight excluding hydrogens is 275 g/mol. The van der Waals surface area contributed by atoms with Gasteiger partial charge in [0.15, 0.2) is 0 Å². The van der Waals surface area contributed by atoms with Gasteiger partial charge in [-0.15, -0.1) is 0 Å². The Hall–Kier alpha value is -1.95. The molecule has 0 aliphatic carbocycles. The van der Waals surface area contributed by atoms with E-state index in [-0.39, 0.29) is 29.1 Å². The number of aromatic carboxylic acids is 1. The smallest absolute Gasteiger partial charge is 0.335 e. The van der Waals surface area contributed by atoms with Gasteiger partial charge >= 0.3 is 5.97 Å². The number of amides is 1. The number of anilines is 1. The molecule has 0 fully saturated rings. The standard InChI is InChI=1S/C15H21FN2O3/c1-9(4-3-5-10(2)17)14(19)18-13-7-6-11(15(20)21)8-12(13)16/h6-10H,3-5,17H2,1-2H3,(H,18,19)(H,20,21). The number of carbonyl (C=O) groups is 2. The van der Waals surface area contributed by atoms with E-state index in [1.165, 1.54) is 12.1 Å². The fourth-order valence-corrected chi connectivity index (χ4v) is 1.88. The molecule has 1 aromatic carbocycles. The number of hydrogen-bond donors (Lipinski definition) is 3. The normalized spacial score (nSPS) is 13.5. The lowest BCUT2D eigenvalue weighted by molar-refractivity contribution is -0.119. The molecule has 1 amide bonds. The van der Waals surface area contributed by atoms with Gasteiger partial charge in [0.1, 0.15) is 5.82 Å². The lowest BCUT2D eigenvalue weighted by atomic mass is 10.0. The second-order valence-corrected chi connectivity index (χ2v) is 5.30. The minimum Gasteiger partial charge on any atom is -0.478 e. The van der Waals surface area contributed by atoms with E-state index < -0.39 is 11.8 Å². The molecule has 0 saturated carbocycles. The van der Waals surface area contributed by atoms with Gasteiger partial charge in [0.2, 0.25) is 5.91 Å². The predicted octanol–water partition coefficient (Wildman–Crippen LogP) is 2.62. The summed E-state index contributed by atoms with van der Waals surface area (Å²) in [4.78, 5) is 22.6. The second kappa shape index (κ2) is 7.73. The van der Waals surface area contributed by atoms with Gasteiger partial charge in [-0.2, -0.15) is 0 Å². The average Bonchev–Trinajstić information content (AvgIpc) is 2.40. The number of carboxylic acid groups (broad SMARTS) is 1. The van der Waals surface area contributed by atoms with Crippen molar-refractivity contribution in [1.82, 2.24) is 0 Å². The van der Waals surface area contributed by atoms with Gasteiger partial charge in [0.25, 0.3) is 0 Å². The Kier molecular flexibility index (Phi) is 6.30. The van der Waals surface area contributed by atoms with Crippen LogP contribution in [0.1, 0.15) is 43.5 Å². The molecule has 0 radical (unpaired) electrons. The van der Waals surface area contributed by atoms with Crippen LogP contribution in [0.4, 0.5) is 10.1 Å². The largest absolute Gasteiger partial charge is 0.478 e. The lowest BCUT2D eigenvalue weighted by Gasteiger charge is -2.13. The zero-order chi connectivity index (χ0) is 16.0. The molecular formula is C15H21FN2O3. The van der Waals surface area contributed by atoms with Crippen molar-refractivity contribution < 1.29 is 19.1 Å². The Balaban J connectivity index is 2.60. The topological polar surface area (TPSA) is 92.4 Å². The van der Waals surface area contributed by atoms with Gasteiger partial charge in [0, 0.05) is 12.0 Å². The highest BCUT2D eigenvalue weighted by atomic mass is 19.1. The van der Waals surface area contributed by atoms with Crippen molar-refractivity contribution in [1.29, 1.82) is 0 Å². The number of hydrogen-bond acceptors (Lipinski definition) is 3. The van der Waals surface area contributed by atoms with Crippen LogP contribution in [0.2, 0.25) is 0 Å². The molecule has 0 spiro atoms. The van der Waals surface area contributed by atoms with Crippen LogP contribution >= 0.6 is 0 Å². The highest BCUT2D eigenvalue weighted by Crippen LogP contribution is 2.18. The first kappa shape index (κ1) is 17.1. The van der Waals surface area contributed by atoms with Crippen LogP contribution in [-0.4, -0.2) is 23.0 Å². The molecule has 2 atom stereocenters. The molecule has 0 heterocycles. The first-order chi connectivity index (χ1) is 9.81. The van der Waals surface area contributed by atoms with Crippen LogP contribution in [0.5, 0.6) is 0 Å². The summed E-state index contributed by atoms with van der Waals surface area (Å²) >= 11 is 0. The molecule has 0 bridgehead atoms. The van der Waals surface area contributed by atoms with Crippen molar-refractivity contribution in [2.45, 2.75) is 39.2 Å². The van der Waals surface area contributed by atoms with E-state index in [2.05, 4.69) is 5.32 Å². The van der Waals surface area contributed by atoms with Crippen molar-refractivity contribution in [2.75, 3.05) is 5.32 Å². The summed E-state index contributed by atoms with van der Waals surface area (Å²) in [6, 6.07) is 3.49. The maximum absolute atomic E-state index is 13.7. The number of carbonyl (C=O) groups excluding carboxylic acids is 1. The monoisotopic (exact) mass is 296 g/mol. The maximum atomic E-state index is 13.7. The molecule has 6 heteroatoms. The minimum absolute atomic E-state index is 0.0101. The summed E-state index contributed by atoms with van der Waals surface area (Å²) in [5, 5.41) is 11.2. The maximum Gasteiger partial charge on any atom is 0.335 e. The van der Waals surface area contributed by atoms with Crippen LogP contribution in [0.25, 0.3) is 0 Å². The third kappa shape index (κ3) is 5.51. The Morgan fingerprint density at radius 2 is 2.00 bits per heavy atom. The van der Waals surface area contributed by atoms with Gasteiger partial charge < -0.3 is 16.2 Å². The molecule has 0 aromatic heterocycles. The Morgan fingerprint density at radius 1 is 1.33 bits per heavy atom. The summed E-state index contributed by atoms with van der Waals surface area (Å²) < 4.78 is 13.7. The van der Waals surface area contributed by atoms with E-state index >= 15 is 0 Å². The first-order valence-electron chi connectivity index (χ1n) is 6.90. The highest BCUT2D eigenvalue weighted by Gasteiger charge is 2.16. The highest BCUT2D eigenvalue weighted by molar-refractivity contribution is 5.93. The third-order valence-corrected chi connectivity index (χ3v) is 3.22. The molecule has 4 N–H and O–H groups in total. The number of rotatable bonds is 7. The predicted molar refractivity (Wildman–Crippen MR) is 78.7 cm³/mol. The number of nitrogens with one attached hydrogen (secondary N) is 1. The van der Waals surface area contributed by atoms with Crippen LogP contribution in [0.15, 0.2) is 18.2 Å². The molecule has 0 aliphatic heterocycles. The molecule has 116 valence electrons. The summed E-state index contributed by atoms with van der Waals surface area (Å²) in [7, 11) is 0. The summed E-state index contributed by atoms with van der Waals surface area (Å²) in [6.45, 7) is 3.67. The summed E-state index contributed by atoms with van der Waals surface area (Å²) in [6.07, 6.45) is 2.33. The van der Waals surface area contributed by atoms with E-state index in [4.69, 9.17) is 10.8 Å². The first-order valence-corrected chi connectivity index (χ1v) is 6.90. The average molecular weight is 296 g/mol. The molecule has 5 nitrogen and oxygen atoms in total. The van der Waals surface area contributed by atoms with Gasteiger partial charge in [-0.25, -0.2) is 9.18 Å². The number of nitrogens with two attached hydrogens (primary N) is 1. The van der Waals surface area contributed by atoms with E-state index in [1.54, 1.807) is 6.92 Å². The quantitative estimate of drug-likeness (QED) is 0.721. The fourth-order valence-electron chi connectivity index (χ4n) is 1.88. The zero-order valence-electron chi connectivity index (χ0n) is 12.2. The van der Waals surface area contributed by atoms with Crippen molar-refractivity contribution in [3.05, 3.63) is 29.6 Å². The molecule has 21 heavy (non-hydrogen) atoms. The lowest BCUT2D eigenvalue weighted by Crippen LogP contribution is -2.22. The van der Waals surface area contributed by atoms with E-state index in [1.807, 2.05) is 6.92 Å². The molecule has 0 aliphatic rings. The van der Waals surface area contributed by atoms with Crippen molar-refractivity contribution in [2.24, 2.45) is 11.7 Å². The van der Waals surface area contributed by atoms with Crippen LogP contribution in [0, 0.1) is 11.7 Å². The van der Waals surface area contributed by atoms with Crippen LogP contribution in [-0.2, 0) is 4.79 Å². The fraction of sp³-hybridized carbons (Fsp3) is 0.467. The molecule has 1 aromatic rings. The number of benzene rings is 1. The Morgan fingerprint density at radius 3 is 2.52 bits per heavy atom. The number of carboxylic acids is 1. The molecule has 1 rings (SSSR count). The molecule has 0 saturated heterocycles. The van der Waals surface area contributed by atoms with Gasteiger partial charge in [-0.1, -0.05) is 13.3 Å². The van der Waals surface area contributed by atoms with E-state index in [9.17, 15) is 14.0 Å². The minimum atomic E-state index is -1.21. The molecule has 2 unspecified atom stereocenters. The Labute approximate surface area is 123 Å². The van der Waals surface area contributed by atoms with Crippen molar-refractivity contribution in [3.63, 3.8) is 0 Å². The summed E-state index contributed by atoms with van der Waals surface area (Å²) in [5.41, 5.74) is 5.47. The SMILES string of the molecule is CC(N)CCCC(C)C(=O)Nc1ccc(C(=O)O)cc1F. The van der Waals surface area contributed by atoms with Crippen molar-refractivity contribution >= 4 is 17.6 Å². The van der Waals surface area contributed by atoms with E-state index in [0.717, 1.165) is 18.9 Å². The summed E-state index contributed by atoms with van der Waals surface area (Å²) in [5.74, 6) is -2.52. The Bertz CT molecular complexity index is 518. The van der Waals surface area contributed by atoms with Gasteiger partial charge in [-0.05, 0) is 38.0 Å².